The molecule has 1 aliphatic heterocycles. The van der Waals surface area contributed by atoms with E-state index >= 15 is 0 Å². The number of likely N-dealkylation sites (tertiary alicyclic amines) is 1. The molecule has 2 amide bonds. The Morgan fingerprint density at radius 3 is 2.91 bits per heavy atom. The topological polar surface area (TPSA) is 52.7 Å². The molecule has 2 rings (SSSR count). The maximum atomic E-state index is 13.8. The van der Waals surface area contributed by atoms with Gasteiger partial charge < -0.3 is 15.1 Å². The van der Waals surface area contributed by atoms with Crippen molar-refractivity contribution in [1.29, 1.82) is 0 Å². The van der Waals surface area contributed by atoms with Crippen LogP contribution in [0.2, 0.25) is 5.02 Å². The number of carbonyl (C=O) groups is 2. The molecule has 5 nitrogen and oxygen atoms in total. The zero-order valence-corrected chi connectivity index (χ0v) is 14.1. The molecule has 1 N–H and O–H groups in total. The number of benzene rings is 1. The summed E-state index contributed by atoms with van der Waals surface area (Å²) in [4.78, 5) is 27.8. The number of nitrogens with one attached hydrogen (secondary N) is 1. The van der Waals surface area contributed by atoms with Crippen LogP contribution in [0.5, 0.6) is 0 Å². The molecule has 126 valence electrons. The van der Waals surface area contributed by atoms with Gasteiger partial charge in [0, 0.05) is 20.1 Å². The fourth-order valence-corrected chi connectivity index (χ4v) is 3.02. The summed E-state index contributed by atoms with van der Waals surface area (Å²) in [7, 11) is 3.63. The summed E-state index contributed by atoms with van der Waals surface area (Å²) < 4.78 is 13.8. The van der Waals surface area contributed by atoms with Crippen molar-refractivity contribution in [3.05, 3.63) is 29.0 Å². The van der Waals surface area contributed by atoms with Crippen LogP contribution in [0.3, 0.4) is 0 Å². The highest BCUT2D eigenvalue weighted by atomic mass is 35.5. The number of amides is 2. The van der Waals surface area contributed by atoms with Crippen LogP contribution in [-0.4, -0.2) is 55.3 Å². The molecule has 23 heavy (non-hydrogen) atoms. The van der Waals surface area contributed by atoms with Gasteiger partial charge >= 0.3 is 11.8 Å². The van der Waals surface area contributed by atoms with Gasteiger partial charge in [0.05, 0.1) is 10.7 Å². The van der Waals surface area contributed by atoms with Gasteiger partial charge in [-0.3, -0.25) is 9.59 Å². The van der Waals surface area contributed by atoms with E-state index in [1.54, 1.807) is 7.05 Å². The normalized spacial score (nSPS) is 18.5. The maximum Gasteiger partial charge on any atom is 0.313 e. The SMILES string of the molecule is CN1CCCC(CN(C)C(=O)C(=O)Nc2cccc(Cl)c2F)C1. The number of carbonyl (C=O) groups excluding carboxylic acids is 2. The van der Waals surface area contributed by atoms with E-state index in [4.69, 9.17) is 11.6 Å². The van der Waals surface area contributed by atoms with Crippen LogP contribution < -0.4 is 5.32 Å². The minimum atomic E-state index is -0.863. The molecular formula is C16H21ClFN3O2. The molecule has 0 radical (unpaired) electrons. The lowest BCUT2D eigenvalue weighted by molar-refractivity contribution is -0.142. The lowest BCUT2D eigenvalue weighted by Gasteiger charge is -2.32. The lowest BCUT2D eigenvalue weighted by Crippen LogP contribution is -2.43. The monoisotopic (exact) mass is 341 g/mol. The van der Waals surface area contributed by atoms with Crippen LogP contribution in [-0.2, 0) is 9.59 Å². The van der Waals surface area contributed by atoms with Crippen molar-refractivity contribution < 1.29 is 14.0 Å². The Kier molecular flexibility index (Phi) is 5.96. The Morgan fingerprint density at radius 1 is 1.48 bits per heavy atom. The summed E-state index contributed by atoms with van der Waals surface area (Å²) >= 11 is 5.66. The molecule has 0 bridgehead atoms. The fraction of sp³-hybridized carbons (Fsp3) is 0.500. The van der Waals surface area contributed by atoms with Crippen LogP contribution in [0.15, 0.2) is 18.2 Å². The van der Waals surface area contributed by atoms with Gasteiger partial charge in [0.25, 0.3) is 0 Å². The van der Waals surface area contributed by atoms with Gasteiger partial charge in [-0.15, -0.1) is 0 Å². The second-order valence-electron chi connectivity index (χ2n) is 6.01. The van der Waals surface area contributed by atoms with Crippen molar-refractivity contribution in [3.63, 3.8) is 0 Å². The van der Waals surface area contributed by atoms with Gasteiger partial charge in [0.2, 0.25) is 0 Å². The number of nitrogens with zero attached hydrogens (tertiary/aromatic N) is 2. The first-order valence-corrected chi connectivity index (χ1v) is 7.95. The van der Waals surface area contributed by atoms with Crippen molar-refractivity contribution in [2.75, 3.05) is 39.0 Å². The predicted molar refractivity (Wildman–Crippen MR) is 87.9 cm³/mol. The Balaban J connectivity index is 1.93. The molecule has 1 aromatic rings. The van der Waals surface area contributed by atoms with E-state index in [2.05, 4.69) is 10.2 Å². The molecule has 1 atom stereocenters. The summed E-state index contributed by atoms with van der Waals surface area (Å²) in [6, 6.07) is 4.25. The van der Waals surface area contributed by atoms with Gasteiger partial charge in [0.15, 0.2) is 5.82 Å². The highest BCUT2D eigenvalue weighted by Gasteiger charge is 2.25. The van der Waals surface area contributed by atoms with Crippen molar-refractivity contribution in [2.45, 2.75) is 12.8 Å². The average Bonchev–Trinajstić information content (AvgIpc) is 2.51. The fourth-order valence-electron chi connectivity index (χ4n) is 2.84. The minimum Gasteiger partial charge on any atom is -0.337 e. The molecule has 1 heterocycles. The Morgan fingerprint density at radius 2 is 2.22 bits per heavy atom. The standard InChI is InChI=1S/C16H21ClFN3O2/c1-20-8-4-5-11(9-20)10-21(2)16(23)15(22)19-13-7-3-6-12(17)14(13)18/h3,6-7,11H,4-5,8-10H2,1-2H3,(H,19,22). The van der Waals surface area contributed by atoms with Gasteiger partial charge in [-0.2, -0.15) is 0 Å². The quantitative estimate of drug-likeness (QED) is 0.858. The number of rotatable bonds is 3. The summed E-state index contributed by atoms with van der Waals surface area (Å²) in [6.45, 7) is 2.47. The highest BCUT2D eigenvalue weighted by Crippen LogP contribution is 2.22. The number of likely N-dealkylation sites (N-methyl/N-ethyl adjacent to an activating group) is 1. The van der Waals surface area contributed by atoms with Crippen LogP contribution in [0, 0.1) is 11.7 Å². The molecule has 1 unspecified atom stereocenters. The van der Waals surface area contributed by atoms with Crippen LogP contribution in [0.25, 0.3) is 0 Å². The minimum absolute atomic E-state index is 0.0957. The van der Waals surface area contributed by atoms with Gasteiger partial charge in [-0.25, -0.2) is 4.39 Å². The molecule has 0 aromatic heterocycles. The van der Waals surface area contributed by atoms with Gasteiger partial charge in [0.1, 0.15) is 0 Å². The van der Waals surface area contributed by atoms with Crippen LogP contribution >= 0.6 is 11.6 Å². The summed E-state index contributed by atoms with van der Waals surface area (Å²) in [6.07, 6.45) is 2.12. The number of piperidine rings is 1. The number of hydrogen-bond acceptors (Lipinski definition) is 3. The van der Waals surface area contributed by atoms with Crippen molar-refractivity contribution >= 4 is 29.1 Å². The third-order valence-electron chi connectivity index (χ3n) is 3.99. The average molecular weight is 342 g/mol. The first kappa shape index (κ1) is 17.7. The second-order valence-corrected chi connectivity index (χ2v) is 6.42. The molecule has 7 heteroatoms. The molecule has 1 aromatic carbocycles. The summed E-state index contributed by atoms with van der Waals surface area (Å²) in [5.74, 6) is -1.94. The van der Waals surface area contributed by atoms with Crippen molar-refractivity contribution in [1.82, 2.24) is 9.80 Å². The molecule has 0 spiro atoms. The van der Waals surface area contributed by atoms with E-state index in [0.29, 0.717) is 12.5 Å². The largest absolute Gasteiger partial charge is 0.337 e. The zero-order valence-electron chi connectivity index (χ0n) is 13.3. The van der Waals surface area contributed by atoms with Gasteiger partial charge in [-0.05, 0) is 44.5 Å². The third-order valence-corrected chi connectivity index (χ3v) is 4.29. The van der Waals surface area contributed by atoms with Gasteiger partial charge in [-0.1, -0.05) is 17.7 Å². The zero-order chi connectivity index (χ0) is 17.0. The molecular weight excluding hydrogens is 321 g/mol. The molecule has 0 saturated carbocycles. The third kappa shape index (κ3) is 4.65. The predicted octanol–water partition coefficient (Wildman–Crippen LogP) is 2.22. The van der Waals surface area contributed by atoms with E-state index < -0.39 is 17.6 Å². The van der Waals surface area contributed by atoms with E-state index in [1.807, 2.05) is 7.05 Å². The number of anilines is 1. The second kappa shape index (κ2) is 7.75. The maximum absolute atomic E-state index is 13.8. The van der Waals surface area contributed by atoms with Crippen LogP contribution in [0.1, 0.15) is 12.8 Å². The Bertz CT molecular complexity index is 597. The first-order valence-electron chi connectivity index (χ1n) is 7.57. The molecule has 1 aliphatic rings. The summed E-state index contributed by atoms with van der Waals surface area (Å²) in [5.41, 5.74) is -0.0957. The molecule has 1 saturated heterocycles. The lowest BCUT2D eigenvalue weighted by atomic mass is 9.98. The smallest absolute Gasteiger partial charge is 0.313 e. The van der Waals surface area contributed by atoms with E-state index in [-0.39, 0.29) is 10.7 Å². The first-order chi connectivity index (χ1) is 10.9. The van der Waals surface area contributed by atoms with Crippen LogP contribution in [0.4, 0.5) is 10.1 Å². The van der Waals surface area contributed by atoms with Crippen molar-refractivity contribution in [2.24, 2.45) is 5.92 Å². The van der Waals surface area contributed by atoms with E-state index in [0.717, 1.165) is 25.9 Å². The summed E-state index contributed by atoms with van der Waals surface area (Å²) in [5, 5.41) is 2.17. The molecule has 0 aliphatic carbocycles. The van der Waals surface area contributed by atoms with Crippen molar-refractivity contribution in [3.8, 4) is 0 Å². The van der Waals surface area contributed by atoms with E-state index in [9.17, 15) is 14.0 Å². The highest BCUT2D eigenvalue weighted by molar-refractivity contribution is 6.39. The molecule has 1 fully saturated rings. The number of hydrogen-bond donors (Lipinski definition) is 1. The number of halogens is 2. The Hall–Kier alpha value is -1.66. The van der Waals surface area contributed by atoms with E-state index in [1.165, 1.54) is 23.1 Å². The Labute approximate surface area is 140 Å².